The van der Waals surface area contributed by atoms with Gasteiger partial charge in [-0.25, -0.2) is 5.43 Å². The van der Waals surface area contributed by atoms with Crippen LogP contribution in [0.25, 0.3) is 0 Å². The highest BCUT2D eigenvalue weighted by molar-refractivity contribution is 6.39. The molecule has 1 fully saturated rings. The fourth-order valence-electron chi connectivity index (χ4n) is 2.99. The number of hydrogen-bond acceptors (Lipinski definition) is 6. The van der Waals surface area contributed by atoms with Crippen LogP contribution in [-0.2, 0) is 19.1 Å². The molecule has 3 N–H and O–H groups in total. The van der Waals surface area contributed by atoms with Gasteiger partial charge in [0.2, 0.25) is 0 Å². The van der Waals surface area contributed by atoms with Gasteiger partial charge in [-0.1, -0.05) is 18.2 Å². The molecule has 3 rings (SSSR count). The van der Waals surface area contributed by atoms with Gasteiger partial charge in [0.15, 0.2) is 6.61 Å². The zero-order chi connectivity index (χ0) is 22.8. The molecule has 3 amide bonds. The zero-order valence-electron chi connectivity index (χ0n) is 17.8. The lowest BCUT2D eigenvalue weighted by atomic mass is 10.2. The quantitative estimate of drug-likeness (QED) is 0.330. The minimum absolute atomic E-state index is 0.0894. The first kappa shape index (κ1) is 23.0. The van der Waals surface area contributed by atoms with E-state index in [1.165, 1.54) is 6.21 Å². The number of carbonyl (C=O) groups excluding carboxylic acids is 3. The largest absolute Gasteiger partial charge is 0.484 e. The molecule has 0 aliphatic carbocycles. The van der Waals surface area contributed by atoms with Crippen molar-refractivity contribution in [3.8, 4) is 5.75 Å². The Hall–Kier alpha value is -3.72. The van der Waals surface area contributed by atoms with Gasteiger partial charge in [0, 0.05) is 18.8 Å². The predicted molar refractivity (Wildman–Crippen MR) is 119 cm³/mol. The van der Waals surface area contributed by atoms with E-state index in [2.05, 4.69) is 21.2 Å². The average Bonchev–Trinajstić information content (AvgIpc) is 3.32. The van der Waals surface area contributed by atoms with Crippen molar-refractivity contribution in [1.29, 1.82) is 0 Å². The highest BCUT2D eigenvalue weighted by atomic mass is 16.5. The van der Waals surface area contributed by atoms with E-state index in [0.717, 1.165) is 25.0 Å². The molecule has 1 saturated heterocycles. The second kappa shape index (κ2) is 11.6. The maximum Gasteiger partial charge on any atom is 0.329 e. The summed E-state index contributed by atoms with van der Waals surface area (Å²) in [7, 11) is 0. The van der Waals surface area contributed by atoms with Gasteiger partial charge in [-0.3, -0.25) is 14.4 Å². The lowest BCUT2D eigenvalue weighted by molar-refractivity contribution is -0.136. The first-order valence-electron chi connectivity index (χ1n) is 10.3. The van der Waals surface area contributed by atoms with Crippen LogP contribution < -0.4 is 20.8 Å². The number of aryl methyl sites for hydroxylation is 1. The molecule has 0 radical (unpaired) electrons. The molecule has 9 nitrogen and oxygen atoms in total. The molecule has 1 aliphatic heterocycles. The number of hydrogen-bond donors (Lipinski definition) is 3. The maximum atomic E-state index is 11.9. The van der Waals surface area contributed by atoms with E-state index in [1.54, 1.807) is 36.4 Å². The van der Waals surface area contributed by atoms with Crippen molar-refractivity contribution in [2.24, 2.45) is 5.10 Å². The number of benzene rings is 2. The summed E-state index contributed by atoms with van der Waals surface area (Å²) in [4.78, 5) is 35.7. The van der Waals surface area contributed by atoms with Crippen molar-refractivity contribution >= 4 is 29.6 Å². The number of hydrazone groups is 1. The third-order valence-electron chi connectivity index (χ3n) is 4.78. The van der Waals surface area contributed by atoms with Gasteiger partial charge in [-0.15, -0.1) is 0 Å². The van der Waals surface area contributed by atoms with Crippen LogP contribution in [0.2, 0.25) is 0 Å². The standard InChI is InChI=1S/C23H26N4O5/c1-16-5-2-3-7-20(16)26-22(29)23(30)27-25-13-17-8-10-18(11-9-17)32-15-21(28)24-14-19-6-4-12-31-19/h2-3,5,7-11,13,19H,4,6,12,14-15H2,1H3,(H,24,28)(H,26,29)(H,27,30)/b25-13-/t19-/m1/s1. The van der Waals surface area contributed by atoms with Crippen LogP contribution in [0.3, 0.4) is 0 Å². The van der Waals surface area contributed by atoms with Crippen molar-refractivity contribution in [2.75, 3.05) is 25.1 Å². The van der Waals surface area contributed by atoms with Crippen molar-refractivity contribution in [2.45, 2.75) is 25.9 Å². The molecule has 0 unspecified atom stereocenters. The summed E-state index contributed by atoms with van der Waals surface area (Å²) in [5, 5.41) is 9.11. The smallest absolute Gasteiger partial charge is 0.329 e. The predicted octanol–water partition coefficient (Wildman–Crippen LogP) is 1.76. The Labute approximate surface area is 186 Å². The number of amides is 3. The molecule has 1 aliphatic rings. The monoisotopic (exact) mass is 438 g/mol. The van der Waals surface area contributed by atoms with Crippen LogP contribution >= 0.6 is 0 Å². The molecule has 1 atom stereocenters. The van der Waals surface area contributed by atoms with Gasteiger partial charge in [0.1, 0.15) is 5.75 Å². The first-order chi connectivity index (χ1) is 15.5. The van der Waals surface area contributed by atoms with E-state index in [1.807, 2.05) is 19.1 Å². The van der Waals surface area contributed by atoms with Crippen LogP contribution in [0, 0.1) is 6.92 Å². The number of para-hydroxylation sites is 1. The van der Waals surface area contributed by atoms with E-state index in [-0.39, 0.29) is 18.6 Å². The molecular weight excluding hydrogens is 412 g/mol. The van der Waals surface area contributed by atoms with E-state index in [9.17, 15) is 14.4 Å². The van der Waals surface area contributed by atoms with Gasteiger partial charge in [-0.05, 0) is 61.2 Å². The van der Waals surface area contributed by atoms with Crippen LogP contribution in [0.15, 0.2) is 53.6 Å². The Balaban J connectivity index is 1.38. The summed E-state index contributed by atoms with van der Waals surface area (Å²) < 4.78 is 10.9. The minimum Gasteiger partial charge on any atom is -0.484 e. The second-order valence-electron chi connectivity index (χ2n) is 7.26. The summed E-state index contributed by atoms with van der Waals surface area (Å²) in [6.45, 7) is 2.98. The van der Waals surface area contributed by atoms with Crippen molar-refractivity contribution < 1.29 is 23.9 Å². The molecule has 0 bridgehead atoms. The number of nitrogens with zero attached hydrogens (tertiary/aromatic N) is 1. The Morgan fingerprint density at radius 3 is 2.62 bits per heavy atom. The number of nitrogens with one attached hydrogen (secondary N) is 3. The normalized spacial score (nSPS) is 15.3. The molecule has 168 valence electrons. The van der Waals surface area contributed by atoms with Gasteiger partial charge >= 0.3 is 11.8 Å². The second-order valence-corrected chi connectivity index (χ2v) is 7.26. The highest BCUT2D eigenvalue weighted by Crippen LogP contribution is 2.13. The Morgan fingerprint density at radius 1 is 1.12 bits per heavy atom. The van der Waals surface area contributed by atoms with Gasteiger partial charge in [-0.2, -0.15) is 5.10 Å². The summed E-state index contributed by atoms with van der Waals surface area (Å²) in [5.41, 5.74) is 4.28. The first-order valence-corrected chi connectivity index (χ1v) is 10.3. The van der Waals surface area contributed by atoms with Gasteiger partial charge in [0.25, 0.3) is 5.91 Å². The van der Waals surface area contributed by atoms with Crippen LogP contribution in [0.4, 0.5) is 5.69 Å². The lowest BCUT2D eigenvalue weighted by Gasteiger charge is -2.11. The van der Waals surface area contributed by atoms with Crippen molar-refractivity contribution in [3.63, 3.8) is 0 Å². The third kappa shape index (κ3) is 7.21. The number of anilines is 1. The topological polar surface area (TPSA) is 118 Å². The zero-order valence-corrected chi connectivity index (χ0v) is 17.8. The summed E-state index contributed by atoms with van der Waals surface area (Å²) in [6.07, 6.45) is 3.47. The molecule has 32 heavy (non-hydrogen) atoms. The third-order valence-corrected chi connectivity index (χ3v) is 4.78. The summed E-state index contributed by atoms with van der Waals surface area (Å²) >= 11 is 0. The number of carbonyl (C=O) groups is 3. The lowest BCUT2D eigenvalue weighted by Crippen LogP contribution is -2.35. The molecule has 0 aromatic heterocycles. The Kier molecular flexibility index (Phi) is 8.33. The van der Waals surface area contributed by atoms with Crippen molar-refractivity contribution in [1.82, 2.24) is 10.7 Å². The minimum atomic E-state index is -0.876. The Bertz CT molecular complexity index is 969. The number of ether oxygens (including phenoxy) is 2. The van der Waals surface area contributed by atoms with E-state index >= 15 is 0 Å². The highest BCUT2D eigenvalue weighted by Gasteiger charge is 2.16. The Morgan fingerprint density at radius 2 is 1.91 bits per heavy atom. The van der Waals surface area contributed by atoms with Crippen molar-refractivity contribution in [3.05, 3.63) is 59.7 Å². The molecule has 2 aromatic rings. The van der Waals surface area contributed by atoms with Gasteiger partial charge < -0.3 is 20.1 Å². The van der Waals surface area contributed by atoms with E-state index in [0.29, 0.717) is 23.5 Å². The molecule has 9 heteroatoms. The summed E-state index contributed by atoms with van der Waals surface area (Å²) in [5.74, 6) is -1.37. The maximum absolute atomic E-state index is 11.9. The summed E-state index contributed by atoms with van der Waals surface area (Å²) in [6, 6.07) is 13.9. The fraction of sp³-hybridized carbons (Fsp3) is 0.304. The van der Waals surface area contributed by atoms with Gasteiger partial charge in [0.05, 0.1) is 12.3 Å². The molecule has 1 heterocycles. The SMILES string of the molecule is Cc1ccccc1NC(=O)C(=O)N/N=C\c1ccc(OCC(=O)NC[C@H]2CCCO2)cc1. The van der Waals surface area contributed by atoms with Crippen LogP contribution in [0.5, 0.6) is 5.75 Å². The molecule has 0 spiro atoms. The average molecular weight is 438 g/mol. The van der Waals surface area contributed by atoms with E-state index in [4.69, 9.17) is 9.47 Å². The fourth-order valence-corrected chi connectivity index (χ4v) is 2.99. The number of rotatable bonds is 8. The van der Waals surface area contributed by atoms with E-state index < -0.39 is 11.8 Å². The van der Waals surface area contributed by atoms with Crippen LogP contribution in [0.1, 0.15) is 24.0 Å². The molecule has 2 aromatic carbocycles. The molecule has 0 saturated carbocycles. The van der Waals surface area contributed by atoms with Crippen LogP contribution in [-0.4, -0.2) is 49.8 Å². The molecular formula is C23H26N4O5.